The molecule has 8 aromatic heterocycles. The number of nitrogens with two attached hydrogens (primary N) is 2. The number of nitrogens with zero attached hydrogens (tertiary/aromatic N) is 11. The largest absolute Gasteiger partial charge is 0.368 e. The van der Waals surface area contributed by atoms with Crippen LogP contribution in [0.2, 0.25) is 5.15 Å². The minimum Gasteiger partial charge on any atom is -0.368 e. The van der Waals surface area contributed by atoms with E-state index in [2.05, 4.69) is 60.2 Å². The van der Waals surface area contributed by atoms with Crippen LogP contribution in [0.1, 0.15) is 61.3 Å². The second kappa shape index (κ2) is 15.0. The average Bonchev–Trinajstić information content (AvgIpc) is 3.91. The monoisotopic (exact) mass is 792 g/mol. The number of pyridine rings is 4. The molecule has 2 fully saturated rings. The number of halogens is 1. The SMILES string of the molecule is Nc1ncc(-c2ccc(C3(c4noc(-c5ccc[nH]c5=O)n4)CCC3)cn2)cn1.Nc1ncc(-c2ccc(C3(c4noc(-c5cccnc5Cl)n4)CCC3)cn2)cn1. The number of anilines is 2. The third-order valence-corrected chi connectivity index (χ3v) is 11.0. The minimum atomic E-state index is -0.355. The molecule has 2 saturated carbocycles. The van der Waals surface area contributed by atoms with Gasteiger partial charge < -0.3 is 25.5 Å². The van der Waals surface area contributed by atoms with Gasteiger partial charge in [-0.2, -0.15) is 9.97 Å². The van der Waals surface area contributed by atoms with E-state index in [0.29, 0.717) is 33.8 Å². The van der Waals surface area contributed by atoms with Gasteiger partial charge in [-0.1, -0.05) is 46.9 Å². The van der Waals surface area contributed by atoms with E-state index in [0.717, 1.165) is 72.2 Å². The predicted molar refractivity (Wildman–Crippen MR) is 212 cm³/mol. The summed E-state index contributed by atoms with van der Waals surface area (Å²) < 4.78 is 10.9. The Morgan fingerprint density at radius 2 is 1.10 bits per heavy atom. The van der Waals surface area contributed by atoms with Gasteiger partial charge in [0, 0.05) is 60.7 Å². The molecule has 18 heteroatoms. The molecule has 0 saturated heterocycles. The van der Waals surface area contributed by atoms with E-state index in [4.69, 9.17) is 32.1 Å². The van der Waals surface area contributed by atoms with Crippen molar-refractivity contribution in [1.82, 2.24) is 60.2 Å². The van der Waals surface area contributed by atoms with Crippen molar-refractivity contribution in [2.45, 2.75) is 49.4 Å². The van der Waals surface area contributed by atoms with Crippen molar-refractivity contribution in [1.29, 1.82) is 0 Å². The van der Waals surface area contributed by atoms with Crippen LogP contribution in [0.3, 0.4) is 0 Å². The first-order chi connectivity index (χ1) is 28.3. The quantitative estimate of drug-likeness (QED) is 0.149. The smallest absolute Gasteiger partial charge is 0.263 e. The van der Waals surface area contributed by atoms with E-state index >= 15 is 0 Å². The van der Waals surface area contributed by atoms with Crippen LogP contribution in [0, 0.1) is 0 Å². The summed E-state index contributed by atoms with van der Waals surface area (Å²) in [5.74, 6) is 2.27. The van der Waals surface area contributed by atoms with Crippen molar-refractivity contribution in [2.75, 3.05) is 11.5 Å². The van der Waals surface area contributed by atoms with Crippen LogP contribution in [0.15, 0.2) is 112 Å². The summed E-state index contributed by atoms with van der Waals surface area (Å²) in [6.07, 6.45) is 19.3. The molecule has 2 aliphatic rings. The average molecular weight is 793 g/mol. The molecule has 0 spiro atoms. The molecule has 0 aromatic carbocycles. The maximum atomic E-state index is 12.0. The van der Waals surface area contributed by atoms with Gasteiger partial charge in [0.05, 0.1) is 27.8 Å². The third-order valence-electron chi connectivity index (χ3n) is 10.7. The molecule has 0 aliphatic heterocycles. The number of hydrogen-bond acceptors (Lipinski definition) is 16. The van der Waals surface area contributed by atoms with Crippen molar-refractivity contribution in [3.05, 3.63) is 136 Å². The fourth-order valence-corrected chi connectivity index (χ4v) is 7.37. The number of aromatic amines is 1. The molecular weight excluding hydrogens is 760 g/mol. The molecule has 0 bridgehead atoms. The molecular formula is C40H33ClN14O3. The van der Waals surface area contributed by atoms with E-state index in [-0.39, 0.29) is 34.2 Å². The maximum absolute atomic E-state index is 12.0. The van der Waals surface area contributed by atoms with E-state index < -0.39 is 0 Å². The number of nitrogen functional groups attached to an aromatic ring is 2. The normalized spacial score (nSPS) is 15.1. The minimum absolute atomic E-state index is 0.219. The van der Waals surface area contributed by atoms with Gasteiger partial charge >= 0.3 is 0 Å². The first-order valence-electron chi connectivity index (χ1n) is 18.4. The van der Waals surface area contributed by atoms with Crippen LogP contribution < -0.4 is 17.0 Å². The lowest BCUT2D eigenvalue weighted by atomic mass is 9.64. The van der Waals surface area contributed by atoms with E-state index in [1.54, 1.807) is 55.4 Å². The molecule has 17 nitrogen and oxygen atoms in total. The predicted octanol–water partition coefficient (Wildman–Crippen LogP) is 6.02. The zero-order valence-electron chi connectivity index (χ0n) is 30.7. The number of nitrogens with one attached hydrogen (secondary N) is 1. The van der Waals surface area contributed by atoms with E-state index in [9.17, 15) is 4.79 Å². The number of aromatic nitrogens is 12. The van der Waals surface area contributed by atoms with Crippen molar-refractivity contribution < 1.29 is 9.05 Å². The zero-order chi connectivity index (χ0) is 39.7. The van der Waals surface area contributed by atoms with Gasteiger partial charge in [0.2, 0.25) is 11.9 Å². The Labute approximate surface area is 334 Å². The molecule has 5 N–H and O–H groups in total. The highest BCUT2D eigenvalue weighted by Gasteiger charge is 2.46. The van der Waals surface area contributed by atoms with Crippen LogP contribution in [-0.4, -0.2) is 60.2 Å². The summed E-state index contributed by atoms with van der Waals surface area (Å²) >= 11 is 6.17. The van der Waals surface area contributed by atoms with Crippen molar-refractivity contribution in [3.8, 4) is 45.4 Å². The van der Waals surface area contributed by atoms with Gasteiger partial charge in [-0.3, -0.25) is 14.8 Å². The van der Waals surface area contributed by atoms with Gasteiger partial charge in [-0.15, -0.1) is 0 Å². The van der Waals surface area contributed by atoms with Gasteiger partial charge in [0.25, 0.3) is 17.3 Å². The van der Waals surface area contributed by atoms with E-state index in [1.807, 2.05) is 42.7 Å². The molecule has 0 unspecified atom stereocenters. The van der Waals surface area contributed by atoms with Crippen LogP contribution in [0.25, 0.3) is 45.4 Å². The number of H-pyrrole nitrogens is 1. The Morgan fingerprint density at radius 1 is 0.603 bits per heavy atom. The molecule has 0 amide bonds. The first-order valence-corrected chi connectivity index (χ1v) is 18.8. The van der Waals surface area contributed by atoms with Gasteiger partial charge in [-0.25, -0.2) is 24.9 Å². The Balaban J connectivity index is 0.000000150. The maximum Gasteiger partial charge on any atom is 0.263 e. The van der Waals surface area contributed by atoms with Crippen molar-refractivity contribution in [3.63, 3.8) is 0 Å². The Bertz CT molecular complexity index is 2750. The second-order valence-electron chi connectivity index (χ2n) is 14.0. The molecule has 288 valence electrons. The summed E-state index contributed by atoms with van der Waals surface area (Å²) in [6.45, 7) is 0. The molecule has 58 heavy (non-hydrogen) atoms. The fraction of sp³-hybridized carbons (Fsp3) is 0.200. The topological polar surface area (TPSA) is 253 Å². The highest BCUT2D eigenvalue weighted by molar-refractivity contribution is 6.31. The highest BCUT2D eigenvalue weighted by Crippen LogP contribution is 2.49. The molecule has 8 heterocycles. The molecule has 0 atom stereocenters. The summed E-state index contributed by atoms with van der Waals surface area (Å²) in [5, 5.41) is 8.79. The van der Waals surface area contributed by atoms with Crippen molar-refractivity contribution in [2.24, 2.45) is 0 Å². The molecule has 10 rings (SSSR count). The molecule has 2 aliphatic carbocycles. The first kappa shape index (κ1) is 36.4. The fourth-order valence-electron chi connectivity index (χ4n) is 7.17. The lowest BCUT2D eigenvalue weighted by Crippen LogP contribution is -2.36. The summed E-state index contributed by atoms with van der Waals surface area (Å²) in [5.41, 5.74) is 16.3. The summed E-state index contributed by atoms with van der Waals surface area (Å²) in [4.78, 5) is 53.1. The Hall–Kier alpha value is -7.27. The third kappa shape index (κ3) is 6.70. The standard InChI is InChI=1S/C20H16ClN7O.C20H17N7O2/c21-16-14(3-1-8-23-16)17-27-18(28-29-17)20(6-2-7-20)13-4-5-15(24-11-13)12-9-25-19(22)26-10-12;21-19-24-9-12(10-25-19)15-5-4-13(11-23-15)20(6-2-7-20)18-26-17(29-27-18)14-3-1-8-22-16(14)28/h1,3-5,8-11H,2,6-7H2,(H2,22,25,26);1,3-5,8-11H,2,6-7H2,(H,22,28)(H2,21,24,25). The van der Waals surface area contributed by atoms with Crippen LogP contribution in [-0.2, 0) is 10.8 Å². The lowest BCUT2D eigenvalue weighted by Gasteiger charge is -2.39. The highest BCUT2D eigenvalue weighted by atomic mass is 35.5. The molecule has 0 radical (unpaired) electrons. The molecule has 8 aromatic rings. The van der Waals surface area contributed by atoms with Crippen LogP contribution in [0.5, 0.6) is 0 Å². The summed E-state index contributed by atoms with van der Waals surface area (Å²) in [6, 6.07) is 14.9. The Kier molecular flexibility index (Phi) is 9.41. The van der Waals surface area contributed by atoms with Gasteiger partial charge in [0.1, 0.15) is 10.7 Å². The number of hydrogen-bond donors (Lipinski definition) is 3. The second-order valence-corrected chi connectivity index (χ2v) is 14.4. The zero-order valence-corrected chi connectivity index (χ0v) is 31.4. The van der Waals surface area contributed by atoms with Gasteiger partial charge in [-0.05, 0) is 73.2 Å². The van der Waals surface area contributed by atoms with Crippen molar-refractivity contribution >= 4 is 23.5 Å². The van der Waals surface area contributed by atoms with Crippen LogP contribution in [0.4, 0.5) is 11.9 Å². The lowest BCUT2D eigenvalue weighted by molar-refractivity contribution is 0.272. The van der Waals surface area contributed by atoms with Crippen LogP contribution >= 0.6 is 11.6 Å². The van der Waals surface area contributed by atoms with E-state index in [1.165, 1.54) is 0 Å². The number of rotatable bonds is 8. The summed E-state index contributed by atoms with van der Waals surface area (Å²) in [7, 11) is 0. The van der Waals surface area contributed by atoms with Gasteiger partial charge in [0.15, 0.2) is 11.6 Å². The Morgan fingerprint density at radius 3 is 1.53 bits per heavy atom.